The molecule has 0 atom stereocenters. The van der Waals surface area contributed by atoms with Crippen molar-refractivity contribution in [2.75, 3.05) is 0 Å². The molecule has 2 rings (SSSR count). The van der Waals surface area contributed by atoms with Gasteiger partial charge >= 0.3 is 6.36 Å². The number of para-hydroxylation sites is 1. The summed E-state index contributed by atoms with van der Waals surface area (Å²) >= 11 is 0. The number of carbonyl (C=O) groups is 1. The van der Waals surface area contributed by atoms with E-state index in [9.17, 15) is 28.1 Å². The van der Waals surface area contributed by atoms with Gasteiger partial charge in [-0.3, -0.25) is 14.9 Å². The summed E-state index contributed by atoms with van der Waals surface area (Å²) in [6.07, 6.45) is -2.34. The molecule has 0 fully saturated rings. The molecule has 0 aliphatic rings. The highest BCUT2D eigenvalue weighted by Crippen LogP contribution is 2.26. The second-order valence-corrected chi connectivity index (χ2v) is 5.06. The van der Waals surface area contributed by atoms with Gasteiger partial charge in [-0.05, 0) is 17.7 Å². The Bertz CT molecular complexity index is 835. The number of nitrogens with one attached hydrogen (secondary N) is 1. The number of rotatable bonds is 6. The van der Waals surface area contributed by atoms with Crippen molar-refractivity contribution < 1.29 is 27.6 Å². The predicted molar refractivity (Wildman–Crippen MR) is 87.1 cm³/mol. The number of halogens is 3. The number of amides is 1. The maximum absolute atomic E-state index is 12.3. The first-order chi connectivity index (χ1) is 12.2. The highest BCUT2D eigenvalue weighted by molar-refractivity contribution is 5.91. The Morgan fingerprint density at radius 1 is 1.19 bits per heavy atom. The van der Waals surface area contributed by atoms with Gasteiger partial charge in [0.15, 0.2) is 0 Å². The minimum absolute atomic E-state index is 0.120. The van der Waals surface area contributed by atoms with Crippen LogP contribution in [0.2, 0.25) is 0 Å². The molecule has 0 heterocycles. The Morgan fingerprint density at radius 2 is 1.92 bits per heavy atom. The number of carbonyl (C=O) groups excluding carboxylic acids is 1. The molecule has 1 N–H and O–H groups in total. The van der Waals surface area contributed by atoms with Crippen molar-refractivity contribution >= 4 is 17.7 Å². The maximum Gasteiger partial charge on any atom is 0.573 e. The van der Waals surface area contributed by atoms with Crippen LogP contribution in [-0.4, -0.2) is 17.2 Å². The average molecular weight is 366 g/mol. The zero-order chi connectivity index (χ0) is 19.2. The first-order valence-corrected chi connectivity index (χ1v) is 7.28. The number of nitro benzene ring substituents is 1. The number of hydrogen-bond donors (Lipinski definition) is 1. The summed E-state index contributed by atoms with van der Waals surface area (Å²) in [5, 5.41) is 13.1. The van der Waals surface area contributed by atoms with Gasteiger partial charge in [0.05, 0.1) is 4.92 Å². The molecular formula is C17H13F3N2O4. The molecule has 2 aromatic carbocycles. The smallest absolute Gasteiger partial charge is 0.405 e. The summed E-state index contributed by atoms with van der Waals surface area (Å²) in [5.74, 6) is -0.971. The fourth-order valence-corrected chi connectivity index (χ4v) is 2.03. The lowest BCUT2D eigenvalue weighted by atomic mass is 10.2. The molecule has 0 spiro atoms. The Morgan fingerprint density at radius 3 is 2.62 bits per heavy atom. The van der Waals surface area contributed by atoms with Crippen molar-refractivity contribution in [2.45, 2.75) is 12.9 Å². The number of alkyl halides is 3. The Balaban J connectivity index is 1.99. The molecule has 0 saturated carbocycles. The van der Waals surface area contributed by atoms with Gasteiger partial charge in [0.1, 0.15) is 5.75 Å². The Labute approximate surface area is 146 Å². The van der Waals surface area contributed by atoms with Crippen LogP contribution in [0, 0.1) is 10.1 Å². The van der Waals surface area contributed by atoms with Gasteiger partial charge in [-0.1, -0.05) is 30.3 Å². The first kappa shape index (κ1) is 19.0. The number of ether oxygens (including phenoxy) is 1. The van der Waals surface area contributed by atoms with Crippen molar-refractivity contribution in [1.82, 2.24) is 5.32 Å². The van der Waals surface area contributed by atoms with E-state index in [0.29, 0.717) is 5.56 Å². The standard InChI is InChI=1S/C17H13F3N2O4/c18-17(19,20)26-15-7-2-1-5-13(15)11-21-16(23)9-8-12-4-3-6-14(10-12)22(24)25/h1-10H,11H2,(H,21,23)/b9-8+. The lowest BCUT2D eigenvalue weighted by molar-refractivity contribution is -0.384. The Hall–Kier alpha value is -3.36. The van der Waals surface area contributed by atoms with Gasteiger partial charge in [0.2, 0.25) is 5.91 Å². The van der Waals surface area contributed by atoms with Crippen LogP contribution >= 0.6 is 0 Å². The number of nitro groups is 1. The maximum atomic E-state index is 12.3. The molecule has 136 valence electrons. The van der Waals surface area contributed by atoms with Crippen LogP contribution in [0.25, 0.3) is 6.08 Å². The third kappa shape index (κ3) is 5.93. The van der Waals surface area contributed by atoms with E-state index in [1.807, 2.05) is 0 Å². The summed E-state index contributed by atoms with van der Waals surface area (Å²) < 4.78 is 40.9. The van der Waals surface area contributed by atoms with Crippen LogP contribution in [0.15, 0.2) is 54.6 Å². The van der Waals surface area contributed by atoms with Gasteiger partial charge in [0, 0.05) is 30.3 Å². The normalized spacial score (nSPS) is 11.3. The molecule has 6 nitrogen and oxygen atoms in total. The SMILES string of the molecule is O=C(/C=C/c1cccc([N+](=O)[O-])c1)NCc1ccccc1OC(F)(F)F. The average Bonchev–Trinajstić information content (AvgIpc) is 2.58. The van der Waals surface area contributed by atoms with E-state index in [1.54, 1.807) is 6.07 Å². The summed E-state index contributed by atoms with van der Waals surface area (Å²) in [6.45, 7) is -0.176. The molecule has 1 amide bonds. The van der Waals surface area contributed by atoms with Crippen LogP contribution in [-0.2, 0) is 11.3 Å². The van der Waals surface area contributed by atoms with Crippen molar-refractivity contribution in [3.8, 4) is 5.75 Å². The van der Waals surface area contributed by atoms with E-state index in [1.165, 1.54) is 42.5 Å². The lowest BCUT2D eigenvalue weighted by Gasteiger charge is -2.13. The van der Waals surface area contributed by atoms with Crippen molar-refractivity contribution in [2.24, 2.45) is 0 Å². The van der Waals surface area contributed by atoms with Crippen molar-refractivity contribution in [1.29, 1.82) is 0 Å². The monoisotopic (exact) mass is 366 g/mol. The summed E-state index contributed by atoms with van der Waals surface area (Å²) in [7, 11) is 0. The number of benzene rings is 2. The second-order valence-electron chi connectivity index (χ2n) is 5.06. The number of hydrogen-bond acceptors (Lipinski definition) is 4. The molecule has 0 bridgehead atoms. The van der Waals surface area contributed by atoms with Gasteiger partial charge < -0.3 is 10.1 Å². The van der Waals surface area contributed by atoms with Crippen LogP contribution in [0.5, 0.6) is 5.75 Å². The molecule has 0 aromatic heterocycles. The highest BCUT2D eigenvalue weighted by atomic mass is 19.4. The zero-order valence-corrected chi connectivity index (χ0v) is 13.2. The number of nitrogens with zero attached hydrogens (tertiary/aromatic N) is 1. The topological polar surface area (TPSA) is 81.5 Å². The van der Waals surface area contributed by atoms with Crippen LogP contribution in [0.4, 0.5) is 18.9 Å². The Kier molecular flexibility index (Phi) is 5.94. The van der Waals surface area contributed by atoms with Crippen LogP contribution < -0.4 is 10.1 Å². The quantitative estimate of drug-likeness (QED) is 0.479. The third-order valence-corrected chi connectivity index (χ3v) is 3.16. The molecule has 2 aromatic rings. The van der Waals surface area contributed by atoms with E-state index in [0.717, 1.165) is 12.1 Å². The van der Waals surface area contributed by atoms with E-state index in [2.05, 4.69) is 10.1 Å². The molecular weight excluding hydrogens is 353 g/mol. The summed E-state index contributed by atoms with van der Waals surface area (Å²) in [5.41, 5.74) is 0.475. The third-order valence-electron chi connectivity index (χ3n) is 3.16. The van der Waals surface area contributed by atoms with Gasteiger partial charge in [-0.25, -0.2) is 0 Å². The van der Waals surface area contributed by atoms with E-state index in [4.69, 9.17) is 0 Å². The molecule has 0 radical (unpaired) electrons. The van der Waals surface area contributed by atoms with Crippen molar-refractivity contribution in [3.05, 3.63) is 75.8 Å². The van der Waals surface area contributed by atoms with Gasteiger partial charge in [-0.15, -0.1) is 13.2 Å². The molecule has 0 aliphatic heterocycles. The van der Waals surface area contributed by atoms with E-state index >= 15 is 0 Å². The minimum atomic E-state index is -4.83. The molecule has 0 saturated heterocycles. The largest absolute Gasteiger partial charge is 0.573 e. The lowest BCUT2D eigenvalue weighted by Crippen LogP contribution is -2.22. The summed E-state index contributed by atoms with van der Waals surface area (Å²) in [4.78, 5) is 21.9. The van der Waals surface area contributed by atoms with E-state index in [-0.39, 0.29) is 17.8 Å². The predicted octanol–water partition coefficient (Wildman–Crippen LogP) is 3.82. The highest BCUT2D eigenvalue weighted by Gasteiger charge is 2.31. The molecule has 26 heavy (non-hydrogen) atoms. The van der Waals surface area contributed by atoms with Crippen LogP contribution in [0.1, 0.15) is 11.1 Å². The first-order valence-electron chi connectivity index (χ1n) is 7.28. The van der Waals surface area contributed by atoms with Gasteiger partial charge in [0.25, 0.3) is 5.69 Å². The van der Waals surface area contributed by atoms with Gasteiger partial charge in [-0.2, -0.15) is 0 Å². The van der Waals surface area contributed by atoms with E-state index < -0.39 is 22.9 Å². The van der Waals surface area contributed by atoms with Crippen molar-refractivity contribution in [3.63, 3.8) is 0 Å². The molecule has 0 unspecified atom stereocenters. The summed E-state index contributed by atoms with van der Waals surface area (Å²) in [6, 6.07) is 11.1. The van der Waals surface area contributed by atoms with Crippen LogP contribution in [0.3, 0.4) is 0 Å². The fourth-order valence-electron chi connectivity index (χ4n) is 2.03. The minimum Gasteiger partial charge on any atom is -0.405 e. The fraction of sp³-hybridized carbons (Fsp3) is 0.118. The molecule has 9 heteroatoms. The number of non-ortho nitro benzene ring substituents is 1. The zero-order valence-electron chi connectivity index (χ0n) is 13.2. The second kappa shape index (κ2) is 8.15. The molecule has 0 aliphatic carbocycles.